The maximum absolute atomic E-state index is 4.57. The Morgan fingerprint density at radius 3 is 2.60 bits per heavy atom. The molecule has 1 aromatic rings. The van der Waals surface area contributed by atoms with Gasteiger partial charge in [0.05, 0.1) is 5.69 Å². The minimum Gasteiger partial charge on any atom is -0.356 e. The fourth-order valence-corrected chi connectivity index (χ4v) is 2.07. The molecule has 0 fully saturated rings. The molecule has 0 bridgehead atoms. The van der Waals surface area contributed by atoms with Crippen molar-refractivity contribution in [2.24, 2.45) is 0 Å². The normalized spacial score (nSPS) is 10.4. The van der Waals surface area contributed by atoms with E-state index in [2.05, 4.69) is 60.8 Å². The average molecular weight is 336 g/mol. The Bertz CT molecular complexity index is 309. The van der Waals surface area contributed by atoms with Crippen LogP contribution < -0.4 is 4.90 Å². The summed E-state index contributed by atoms with van der Waals surface area (Å²) in [7, 11) is 0. The lowest BCUT2D eigenvalue weighted by Gasteiger charge is -2.22. The van der Waals surface area contributed by atoms with Gasteiger partial charge >= 0.3 is 0 Å². The minimum absolute atomic E-state index is 0.976. The fraction of sp³-hybridized carbons (Fsp3) is 0.545. The molecule has 0 aromatic carbocycles. The molecule has 15 heavy (non-hydrogen) atoms. The molecule has 0 spiro atoms. The molecular weight excluding hydrogens is 320 g/mol. The number of alkyl halides is 1. The number of aromatic nitrogens is 1. The molecule has 1 heterocycles. The number of hydrogen-bond acceptors (Lipinski definition) is 2. The molecule has 0 aliphatic carbocycles. The Kier molecular flexibility index (Phi) is 5.61. The standard InChI is InChI=1S/C11H16Br2N2/c1-3-7-15(8-6-12)11-5-4-10(13)9(2)14-11/h4-5H,3,6-8H2,1-2H3. The van der Waals surface area contributed by atoms with Gasteiger partial charge in [0.1, 0.15) is 5.82 Å². The van der Waals surface area contributed by atoms with Gasteiger partial charge in [0.25, 0.3) is 0 Å². The third kappa shape index (κ3) is 3.76. The highest BCUT2D eigenvalue weighted by molar-refractivity contribution is 9.10. The zero-order valence-electron chi connectivity index (χ0n) is 9.13. The maximum Gasteiger partial charge on any atom is 0.128 e. The predicted octanol–water partition coefficient (Wildman–Crippen LogP) is 3.76. The molecule has 0 aliphatic rings. The van der Waals surface area contributed by atoms with Gasteiger partial charge in [0.2, 0.25) is 0 Å². The van der Waals surface area contributed by atoms with Gasteiger partial charge in [0, 0.05) is 22.9 Å². The SMILES string of the molecule is CCCN(CCBr)c1ccc(Br)c(C)n1. The van der Waals surface area contributed by atoms with Crippen LogP contribution >= 0.6 is 31.9 Å². The summed E-state index contributed by atoms with van der Waals surface area (Å²) in [5.41, 5.74) is 1.04. The summed E-state index contributed by atoms with van der Waals surface area (Å²) in [5, 5.41) is 0.976. The van der Waals surface area contributed by atoms with Crippen LogP contribution in [0.15, 0.2) is 16.6 Å². The average Bonchev–Trinajstić information content (AvgIpc) is 2.22. The zero-order valence-corrected chi connectivity index (χ0v) is 12.3. The van der Waals surface area contributed by atoms with Crippen molar-refractivity contribution in [2.75, 3.05) is 23.3 Å². The molecule has 0 radical (unpaired) electrons. The van der Waals surface area contributed by atoms with Crippen LogP contribution in [-0.4, -0.2) is 23.4 Å². The van der Waals surface area contributed by atoms with Gasteiger partial charge in [-0.1, -0.05) is 22.9 Å². The summed E-state index contributed by atoms with van der Waals surface area (Å²) in [5.74, 6) is 1.07. The number of nitrogens with zero attached hydrogens (tertiary/aromatic N) is 2. The Balaban J connectivity index is 2.85. The molecule has 1 aromatic heterocycles. The van der Waals surface area contributed by atoms with Crippen molar-refractivity contribution in [3.05, 3.63) is 22.3 Å². The van der Waals surface area contributed by atoms with Crippen molar-refractivity contribution < 1.29 is 0 Å². The molecule has 0 amide bonds. The first kappa shape index (κ1) is 13.0. The Hall–Kier alpha value is -0.0900. The van der Waals surface area contributed by atoms with E-state index < -0.39 is 0 Å². The van der Waals surface area contributed by atoms with Crippen molar-refractivity contribution in [3.63, 3.8) is 0 Å². The van der Waals surface area contributed by atoms with Gasteiger partial charge in [0.15, 0.2) is 0 Å². The van der Waals surface area contributed by atoms with Crippen LogP contribution in [-0.2, 0) is 0 Å². The lowest BCUT2D eigenvalue weighted by Crippen LogP contribution is -2.27. The van der Waals surface area contributed by atoms with E-state index >= 15 is 0 Å². The number of rotatable bonds is 5. The first-order valence-electron chi connectivity index (χ1n) is 5.13. The molecule has 0 aliphatic heterocycles. The van der Waals surface area contributed by atoms with E-state index in [0.29, 0.717) is 0 Å². The molecule has 0 unspecified atom stereocenters. The van der Waals surface area contributed by atoms with E-state index in [9.17, 15) is 0 Å². The molecule has 4 heteroatoms. The van der Waals surface area contributed by atoms with E-state index in [-0.39, 0.29) is 0 Å². The molecule has 0 atom stereocenters. The highest BCUT2D eigenvalue weighted by atomic mass is 79.9. The lowest BCUT2D eigenvalue weighted by molar-refractivity contribution is 0.781. The third-order valence-electron chi connectivity index (χ3n) is 2.18. The fourth-order valence-electron chi connectivity index (χ4n) is 1.42. The lowest BCUT2D eigenvalue weighted by atomic mass is 10.3. The largest absolute Gasteiger partial charge is 0.356 e. The van der Waals surface area contributed by atoms with Crippen LogP contribution in [0.4, 0.5) is 5.82 Å². The number of halogens is 2. The molecule has 0 N–H and O–H groups in total. The van der Waals surface area contributed by atoms with Gasteiger partial charge < -0.3 is 4.90 Å². The highest BCUT2D eigenvalue weighted by Gasteiger charge is 2.07. The zero-order chi connectivity index (χ0) is 11.3. The molecule has 0 saturated carbocycles. The van der Waals surface area contributed by atoms with Crippen molar-refractivity contribution in [3.8, 4) is 0 Å². The van der Waals surface area contributed by atoms with Gasteiger partial charge in [-0.25, -0.2) is 4.98 Å². The van der Waals surface area contributed by atoms with Crippen molar-refractivity contribution in [1.82, 2.24) is 4.98 Å². The van der Waals surface area contributed by atoms with E-state index in [0.717, 1.165) is 40.8 Å². The van der Waals surface area contributed by atoms with Crippen LogP contribution in [0.5, 0.6) is 0 Å². The second-order valence-corrected chi connectivity index (χ2v) is 5.06. The summed E-state index contributed by atoms with van der Waals surface area (Å²) in [6, 6.07) is 4.13. The van der Waals surface area contributed by atoms with E-state index in [1.807, 2.05) is 6.92 Å². The summed E-state index contributed by atoms with van der Waals surface area (Å²) in [6.07, 6.45) is 1.14. The summed E-state index contributed by atoms with van der Waals surface area (Å²) < 4.78 is 1.07. The predicted molar refractivity (Wildman–Crippen MR) is 73.0 cm³/mol. The first-order valence-corrected chi connectivity index (χ1v) is 7.04. The van der Waals surface area contributed by atoms with E-state index in [1.54, 1.807) is 0 Å². The molecular formula is C11H16Br2N2. The van der Waals surface area contributed by atoms with E-state index in [1.165, 1.54) is 0 Å². The maximum atomic E-state index is 4.57. The smallest absolute Gasteiger partial charge is 0.128 e. The third-order valence-corrected chi connectivity index (χ3v) is 3.37. The Labute approximate surface area is 108 Å². The molecule has 0 saturated heterocycles. The van der Waals surface area contributed by atoms with Gasteiger partial charge in [-0.3, -0.25) is 0 Å². The highest BCUT2D eigenvalue weighted by Crippen LogP contribution is 2.19. The van der Waals surface area contributed by atoms with Crippen molar-refractivity contribution >= 4 is 37.7 Å². The van der Waals surface area contributed by atoms with Crippen LogP contribution in [0.2, 0.25) is 0 Å². The Morgan fingerprint density at radius 2 is 2.07 bits per heavy atom. The number of aryl methyl sites for hydroxylation is 1. The van der Waals surface area contributed by atoms with Crippen LogP contribution in [0, 0.1) is 6.92 Å². The quantitative estimate of drug-likeness (QED) is 0.761. The second-order valence-electron chi connectivity index (χ2n) is 3.41. The van der Waals surface area contributed by atoms with Gasteiger partial charge in [-0.2, -0.15) is 0 Å². The second kappa shape index (κ2) is 6.48. The number of anilines is 1. The van der Waals surface area contributed by atoms with Crippen LogP contribution in [0.25, 0.3) is 0 Å². The Morgan fingerprint density at radius 1 is 1.33 bits per heavy atom. The topological polar surface area (TPSA) is 16.1 Å². The van der Waals surface area contributed by atoms with Crippen LogP contribution in [0.3, 0.4) is 0 Å². The van der Waals surface area contributed by atoms with Crippen molar-refractivity contribution in [1.29, 1.82) is 0 Å². The van der Waals surface area contributed by atoms with Crippen molar-refractivity contribution in [2.45, 2.75) is 20.3 Å². The number of hydrogen-bond donors (Lipinski definition) is 0. The summed E-state index contributed by atoms with van der Waals surface area (Å²) >= 11 is 6.94. The van der Waals surface area contributed by atoms with Gasteiger partial charge in [-0.05, 0) is 41.4 Å². The van der Waals surface area contributed by atoms with Crippen LogP contribution in [0.1, 0.15) is 19.0 Å². The van der Waals surface area contributed by atoms with Gasteiger partial charge in [-0.15, -0.1) is 0 Å². The first-order chi connectivity index (χ1) is 7.19. The monoisotopic (exact) mass is 334 g/mol. The minimum atomic E-state index is 0.976. The molecule has 2 nitrogen and oxygen atoms in total. The number of pyridine rings is 1. The summed E-state index contributed by atoms with van der Waals surface area (Å²) in [4.78, 5) is 6.87. The molecule has 1 rings (SSSR count). The summed E-state index contributed by atoms with van der Waals surface area (Å²) in [6.45, 7) is 6.26. The molecule has 84 valence electrons. The van der Waals surface area contributed by atoms with E-state index in [4.69, 9.17) is 0 Å².